The van der Waals surface area contributed by atoms with Gasteiger partial charge in [0.2, 0.25) is 5.91 Å². The van der Waals surface area contributed by atoms with Gasteiger partial charge in [0.05, 0.1) is 12.1 Å². The zero-order chi connectivity index (χ0) is 15.6. The molecule has 3 N–H and O–H groups in total. The molecule has 3 rings (SSSR count). The maximum atomic E-state index is 12.0. The van der Waals surface area contributed by atoms with E-state index in [-0.39, 0.29) is 18.3 Å². The Morgan fingerprint density at radius 2 is 2.00 bits per heavy atom. The summed E-state index contributed by atoms with van der Waals surface area (Å²) in [6.45, 7) is 2.81. The number of hydrogen-bond acceptors (Lipinski definition) is 3. The number of benzene rings is 1. The second-order valence-corrected chi connectivity index (χ2v) is 6.91. The Kier molecular flexibility index (Phi) is 5.93. The van der Waals surface area contributed by atoms with Gasteiger partial charge in [-0.25, -0.2) is 0 Å². The van der Waals surface area contributed by atoms with Gasteiger partial charge in [-0.15, -0.1) is 12.4 Å². The van der Waals surface area contributed by atoms with Crippen LogP contribution in [0.15, 0.2) is 18.2 Å². The Bertz CT molecular complexity index is 552. The summed E-state index contributed by atoms with van der Waals surface area (Å²) in [6.07, 6.45) is 8.09. The molecule has 5 heteroatoms. The van der Waals surface area contributed by atoms with E-state index in [2.05, 4.69) is 5.32 Å². The van der Waals surface area contributed by atoms with E-state index in [1.54, 1.807) is 0 Å². The van der Waals surface area contributed by atoms with Gasteiger partial charge in [-0.05, 0) is 50.2 Å². The lowest BCUT2D eigenvalue weighted by Gasteiger charge is -2.22. The third-order valence-electron chi connectivity index (χ3n) is 4.89. The van der Waals surface area contributed by atoms with Gasteiger partial charge in [0.1, 0.15) is 5.75 Å². The molecule has 0 radical (unpaired) electrons. The lowest BCUT2D eigenvalue weighted by Crippen LogP contribution is -2.37. The van der Waals surface area contributed by atoms with Crippen molar-refractivity contribution in [3.8, 4) is 5.75 Å². The van der Waals surface area contributed by atoms with E-state index < -0.39 is 5.54 Å². The number of carbonyl (C=O) groups excluding carboxylic acids is 1. The second-order valence-electron chi connectivity index (χ2n) is 6.91. The highest BCUT2D eigenvalue weighted by atomic mass is 35.5. The van der Waals surface area contributed by atoms with Crippen molar-refractivity contribution < 1.29 is 9.53 Å². The van der Waals surface area contributed by atoms with Crippen LogP contribution in [-0.4, -0.2) is 18.1 Å². The Morgan fingerprint density at radius 3 is 2.65 bits per heavy atom. The molecule has 0 atom stereocenters. The SMILES string of the molecule is Cc1ccc(NC(=O)C2(N)CC2)cc1OCC1CCCCC1.Cl. The van der Waals surface area contributed by atoms with Gasteiger partial charge in [-0.3, -0.25) is 4.79 Å². The molecule has 1 aromatic rings. The van der Waals surface area contributed by atoms with E-state index in [0.717, 1.165) is 36.4 Å². The predicted molar refractivity (Wildman–Crippen MR) is 95.3 cm³/mol. The Morgan fingerprint density at radius 1 is 1.30 bits per heavy atom. The molecule has 0 unspecified atom stereocenters. The highest BCUT2D eigenvalue weighted by Gasteiger charge is 2.45. The molecule has 2 aliphatic carbocycles. The number of nitrogens with one attached hydrogen (secondary N) is 1. The molecule has 4 nitrogen and oxygen atoms in total. The maximum absolute atomic E-state index is 12.0. The molecule has 0 saturated heterocycles. The second kappa shape index (κ2) is 7.54. The largest absolute Gasteiger partial charge is 0.493 e. The first kappa shape index (κ1) is 18.1. The minimum Gasteiger partial charge on any atom is -0.493 e. The van der Waals surface area contributed by atoms with Crippen LogP contribution in [0.2, 0.25) is 0 Å². The number of hydrogen-bond donors (Lipinski definition) is 2. The van der Waals surface area contributed by atoms with Crippen molar-refractivity contribution in [1.82, 2.24) is 0 Å². The van der Waals surface area contributed by atoms with Gasteiger partial charge in [0.25, 0.3) is 0 Å². The summed E-state index contributed by atoms with van der Waals surface area (Å²) in [5, 5.41) is 2.91. The molecule has 0 spiro atoms. The number of halogens is 1. The third-order valence-corrected chi connectivity index (χ3v) is 4.89. The molecule has 0 aliphatic heterocycles. The van der Waals surface area contributed by atoms with E-state index in [9.17, 15) is 4.79 Å². The first-order chi connectivity index (χ1) is 10.6. The fourth-order valence-corrected chi connectivity index (χ4v) is 3.01. The van der Waals surface area contributed by atoms with Crippen LogP contribution in [-0.2, 0) is 4.79 Å². The zero-order valence-electron chi connectivity index (χ0n) is 13.8. The topological polar surface area (TPSA) is 64.4 Å². The van der Waals surface area contributed by atoms with Crippen molar-refractivity contribution >= 4 is 24.0 Å². The summed E-state index contributed by atoms with van der Waals surface area (Å²) < 4.78 is 6.02. The van der Waals surface area contributed by atoms with Crippen LogP contribution < -0.4 is 15.8 Å². The molecule has 1 aromatic carbocycles. The molecule has 128 valence electrons. The lowest BCUT2D eigenvalue weighted by molar-refractivity contribution is -0.118. The predicted octanol–water partition coefficient (Wildman–Crippen LogP) is 3.81. The van der Waals surface area contributed by atoms with Gasteiger partial charge in [-0.1, -0.05) is 25.3 Å². The molecule has 2 saturated carbocycles. The van der Waals surface area contributed by atoms with Crippen LogP contribution in [0.4, 0.5) is 5.69 Å². The zero-order valence-corrected chi connectivity index (χ0v) is 14.6. The van der Waals surface area contributed by atoms with Crippen LogP contribution in [0.25, 0.3) is 0 Å². The van der Waals surface area contributed by atoms with Crippen molar-refractivity contribution in [1.29, 1.82) is 0 Å². The van der Waals surface area contributed by atoms with E-state index in [1.165, 1.54) is 32.1 Å². The average Bonchev–Trinajstić information content (AvgIpc) is 3.28. The molecular weight excluding hydrogens is 312 g/mol. The minimum atomic E-state index is -0.645. The first-order valence-corrected chi connectivity index (χ1v) is 8.41. The number of nitrogens with two attached hydrogens (primary N) is 1. The molecule has 1 amide bonds. The molecule has 0 aromatic heterocycles. The average molecular weight is 339 g/mol. The lowest BCUT2D eigenvalue weighted by atomic mass is 9.90. The van der Waals surface area contributed by atoms with Crippen molar-refractivity contribution in [2.24, 2.45) is 11.7 Å². The highest BCUT2D eigenvalue weighted by Crippen LogP contribution is 2.34. The number of anilines is 1. The number of ether oxygens (including phenoxy) is 1. The monoisotopic (exact) mass is 338 g/mol. The molecule has 0 heterocycles. The fraction of sp³-hybridized carbons (Fsp3) is 0.611. The van der Waals surface area contributed by atoms with Crippen LogP contribution >= 0.6 is 12.4 Å². The van der Waals surface area contributed by atoms with Crippen molar-refractivity contribution in [3.05, 3.63) is 23.8 Å². The Balaban J connectivity index is 0.00000192. The molecule has 2 fully saturated rings. The fourth-order valence-electron chi connectivity index (χ4n) is 3.01. The van der Waals surface area contributed by atoms with Crippen molar-refractivity contribution in [2.45, 2.75) is 57.4 Å². The van der Waals surface area contributed by atoms with Crippen LogP contribution in [0.5, 0.6) is 5.75 Å². The number of amides is 1. The van der Waals surface area contributed by atoms with Crippen molar-refractivity contribution in [3.63, 3.8) is 0 Å². The molecule has 23 heavy (non-hydrogen) atoms. The maximum Gasteiger partial charge on any atom is 0.244 e. The van der Waals surface area contributed by atoms with E-state index in [0.29, 0.717) is 5.92 Å². The van der Waals surface area contributed by atoms with Crippen molar-refractivity contribution in [2.75, 3.05) is 11.9 Å². The van der Waals surface area contributed by atoms with E-state index >= 15 is 0 Å². The van der Waals surface area contributed by atoms with Gasteiger partial charge < -0.3 is 15.8 Å². The Labute approximate surface area is 144 Å². The minimum absolute atomic E-state index is 0. The van der Waals surface area contributed by atoms with Crippen LogP contribution in [0.3, 0.4) is 0 Å². The normalized spacial score (nSPS) is 19.6. The van der Waals surface area contributed by atoms with Crippen LogP contribution in [0.1, 0.15) is 50.5 Å². The third kappa shape index (κ3) is 4.61. The molecular formula is C18H27ClN2O2. The van der Waals surface area contributed by atoms with Crippen LogP contribution in [0, 0.1) is 12.8 Å². The van der Waals surface area contributed by atoms with E-state index in [1.807, 2.05) is 25.1 Å². The number of aryl methyl sites for hydroxylation is 1. The number of rotatable bonds is 5. The van der Waals surface area contributed by atoms with Gasteiger partial charge in [0, 0.05) is 11.8 Å². The Hall–Kier alpha value is -1.26. The number of carbonyl (C=O) groups is 1. The molecule has 2 aliphatic rings. The molecule has 0 bridgehead atoms. The smallest absolute Gasteiger partial charge is 0.244 e. The summed E-state index contributed by atoms with van der Waals surface area (Å²) in [4.78, 5) is 12.0. The van der Waals surface area contributed by atoms with E-state index in [4.69, 9.17) is 10.5 Å². The standard InChI is InChI=1S/C18H26N2O2.ClH/c1-13-7-8-15(20-17(21)18(19)9-10-18)11-16(13)22-12-14-5-3-2-4-6-14;/h7-8,11,14H,2-6,9-10,12,19H2,1H3,(H,20,21);1H. The summed E-state index contributed by atoms with van der Waals surface area (Å²) >= 11 is 0. The quantitative estimate of drug-likeness (QED) is 0.858. The highest BCUT2D eigenvalue weighted by molar-refractivity contribution is 6.00. The van der Waals surface area contributed by atoms with Gasteiger partial charge in [0.15, 0.2) is 0 Å². The van der Waals surface area contributed by atoms with Gasteiger partial charge >= 0.3 is 0 Å². The summed E-state index contributed by atoms with van der Waals surface area (Å²) in [6, 6.07) is 5.82. The summed E-state index contributed by atoms with van der Waals surface area (Å²) in [5.41, 5.74) is 7.14. The summed E-state index contributed by atoms with van der Waals surface area (Å²) in [5.74, 6) is 1.45. The first-order valence-electron chi connectivity index (χ1n) is 8.41. The van der Waals surface area contributed by atoms with Gasteiger partial charge in [-0.2, -0.15) is 0 Å². The summed E-state index contributed by atoms with van der Waals surface area (Å²) in [7, 11) is 0.